The molecule has 3 rings (SSSR count). The molecule has 0 unspecified atom stereocenters. The van der Waals surface area contributed by atoms with Gasteiger partial charge in [0.15, 0.2) is 5.69 Å². The molecule has 8 heteroatoms. The Morgan fingerprint density at radius 3 is 2.79 bits per heavy atom. The molecule has 122 valence electrons. The highest BCUT2D eigenvalue weighted by molar-refractivity contribution is 7.19. The summed E-state index contributed by atoms with van der Waals surface area (Å²) in [6, 6.07) is 12.6. The summed E-state index contributed by atoms with van der Waals surface area (Å²) in [5, 5.41) is 10.7. The number of carbonyl (C=O) groups is 1. The molecule has 1 aromatic carbocycles. The van der Waals surface area contributed by atoms with Crippen LogP contribution in [0.1, 0.15) is 16.1 Å². The first-order chi connectivity index (χ1) is 11.7. The fourth-order valence-corrected chi connectivity index (χ4v) is 2.95. The van der Waals surface area contributed by atoms with Gasteiger partial charge in [0.05, 0.1) is 28.2 Å². The van der Waals surface area contributed by atoms with Crippen LogP contribution >= 0.6 is 22.9 Å². The lowest BCUT2D eigenvalue weighted by Crippen LogP contribution is -2.17. The topological polar surface area (TPSA) is 79.4 Å². The minimum Gasteiger partial charge on any atom is -0.497 e. The third-order valence-electron chi connectivity index (χ3n) is 3.14. The molecule has 24 heavy (non-hydrogen) atoms. The normalized spacial score (nSPS) is 10.9. The SMILES string of the molecule is COc1ccc(/C=N/NC(=O)c2cc(-c3ccc(Cl)s3)[nH]n2)cc1. The van der Waals surface area contributed by atoms with Crippen LogP contribution in [-0.4, -0.2) is 29.4 Å². The second kappa shape index (κ2) is 7.29. The Morgan fingerprint density at radius 1 is 1.33 bits per heavy atom. The van der Waals surface area contributed by atoms with Crippen LogP contribution in [-0.2, 0) is 0 Å². The third kappa shape index (κ3) is 3.81. The highest BCUT2D eigenvalue weighted by Crippen LogP contribution is 2.29. The first-order valence-electron chi connectivity index (χ1n) is 6.94. The lowest BCUT2D eigenvalue weighted by atomic mass is 10.2. The molecule has 6 nitrogen and oxygen atoms in total. The van der Waals surface area contributed by atoms with Gasteiger partial charge in [0.25, 0.3) is 5.91 Å². The van der Waals surface area contributed by atoms with Crippen molar-refractivity contribution in [1.82, 2.24) is 15.6 Å². The van der Waals surface area contributed by atoms with E-state index in [1.165, 1.54) is 11.3 Å². The molecule has 2 heterocycles. The summed E-state index contributed by atoms with van der Waals surface area (Å²) in [4.78, 5) is 12.9. The first-order valence-corrected chi connectivity index (χ1v) is 8.14. The van der Waals surface area contributed by atoms with Crippen molar-refractivity contribution in [2.45, 2.75) is 0 Å². The van der Waals surface area contributed by atoms with E-state index in [1.54, 1.807) is 25.5 Å². The van der Waals surface area contributed by atoms with E-state index in [0.29, 0.717) is 4.34 Å². The number of hydrazone groups is 1. The van der Waals surface area contributed by atoms with Crippen LogP contribution in [0.15, 0.2) is 47.6 Å². The molecule has 2 N–H and O–H groups in total. The number of benzene rings is 1. The van der Waals surface area contributed by atoms with Gasteiger partial charge < -0.3 is 4.74 Å². The van der Waals surface area contributed by atoms with Gasteiger partial charge in [-0.15, -0.1) is 11.3 Å². The molecule has 2 aromatic heterocycles. The molecule has 0 atom stereocenters. The van der Waals surface area contributed by atoms with Gasteiger partial charge in [0.1, 0.15) is 5.75 Å². The summed E-state index contributed by atoms with van der Waals surface area (Å²) in [7, 11) is 1.60. The van der Waals surface area contributed by atoms with Crippen molar-refractivity contribution < 1.29 is 9.53 Å². The summed E-state index contributed by atoms with van der Waals surface area (Å²) >= 11 is 7.31. The summed E-state index contributed by atoms with van der Waals surface area (Å²) in [6.45, 7) is 0. The Bertz CT molecular complexity index is 870. The van der Waals surface area contributed by atoms with Crippen molar-refractivity contribution in [3.05, 3.63) is 58.1 Å². The molecule has 0 aliphatic heterocycles. The van der Waals surface area contributed by atoms with Crippen molar-refractivity contribution in [3.8, 4) is 16.3 Å². The Morgan fingerprint density at radius 2 is 2.12 bits per heavy atom. The van der Waals surface area contributed by atoms with Gasteiger partial charge in [0, 0.05) is 0 Å². The lowest BCUT2D eigenvalue weighted by molar-refractivity contribution is 0.0950. The number of thiophene rings is 1. The molecule has 3 aromatic rings. The number of nitrogens with one attached hydrogen (secondary N) is 2. The van der Waals surface area contributed by atoms with Crippen LogP contribution in [0.3, 0.4) is 0 Å². The number of aromatic amines is 1. The highest BCUT2D eigenvalue weighted by Gasteiger charge is 2.11. The van der Waals surface area contributed by atoms with Crippen molar-refractivity contribution in [3.63, 3.8) is 0 Å². The van der Waals surface area contributed by atoms with Gasteiger partial charge in [0.2, 0.25) is 0 Å². The number of methoxy groups -OCH3 is 1. The predicted molar refractivity (Wildman–Crippen MR) is 95.0 cm³/mol. The molecular formula is C16H13ClN4O2S. The molecule has 0 saturated carbocycles. The molecule has 0 radical (unpaired) electrons. The van der Waals surface area contributed by atoms with E-state index in [4.69, 9.17) is 16.3 Å². The molecule has 0 aliphatic rings. The number of amides is 1. The number of carbonyl (C=O) groups excluding carboxylic acids is 1. The van der Waals surface area contributed by atoms with E-state index >= 15 is 0 Å². The van der Waals surface area contributed by atoms with Gasteiger partial charge in [-0.1, -0.05) is 11.6 Å². The Labute approximate surface area is 147 Å². The zero-order chi connectivity index (χ0) is 16.9. The quantitative estimate of drug-likeness (QED) is 0.539. The molecule has 0 fully saturated rings. The second-order valence-electron chi connectivity index (χ2n) is 4.74. The number of H-pyrrole nitrogens is 1. The van der Waals surface area contributed by atoms with Gasteiger partial charge in [-0.2, -0.15) is 10.2 Å². The predicted octanol–water partition coefficient (Wildman–Crippen LogP) is 3.56. The number of nitrogens with zero attached hydrogens (tertiary/aromatic N) is 2. The average Bonchev–Trinajstić information content (AvgIpc) is 3.24. The maximum absolute atomic E-state index is 12.0. The highest BCUT2D eigenvalue weighted by atomic mass is 35.5. The molecule has 1 amide bonds. The summed E-state index contributed by atoms with van der Waals surface area (Å²) < 4.78 is 5.75. The number of rotatable bonds is 5. The van der Waals surface area contributed by atoms with E-state index in [-0.39, 0.29) is 5.69 Å². The fourth-order valence-electron chi connectivity index (χ4n) is 1.94. The van der Waals surface area contributed by atoms with Crippen LogP contribution in [0.25, 0.3) is 10.6 Å². The monoisotopic (exact) mass is 360 g/mol. The summed E-state index contributed by atoms with van der Waals surface area (Å²) in [5.74, 6) is 0.360. The van der Waals surface area contributed by atoms with Gasteiger partial charge >= 0.3 is 0 Å². The van der Waals surface area contributed by atoms with Crippen LogP contribution in [0.2, 0.25) is 4.34 Å². The van der Waals surface area contributed by atoms with Gasteiger partial charge in [-0.05, 0) is 48.0 Å². The van der Waals surface area contributed by atoms with Crippen molar-refractivity contribution in [1.29, 1.82) is 0 Å². The van der Waals surface area contributed by atoms with E-state index in [1.807, 2.05) is 30.3 Å². The molecule has 0 aliphatic carbocycles. The molecule has 0 saturated heterocycles. The maximum atomic E-state index is 12.0. The summed E-state index contributed by atoms with van der Waals surface area (Å²) in [5.41, 5.74) is 4.26. The van der Waals surface area contributed by atoms with Gasteiger partial charge in [-0.3, -0.25) is 9.89 Å². The van der Waals surface area contributed by atoms with E-state index in [2.05, 4.69) is 20.7 Å². The smallest absolute Gasteiger partial charge is 0.291 e. The van der Waals surface area contributed by atoms with Crippen molar-refractivity contribution in [2.75, 3.05) is 7.11 Å². The Kier molecular flexibility index (Phi) is 4.93. The average molecular weight is 361 g/mol. The largest absolute Gasteiger partial charge is 0.497 e. The van der Waals surface area contributed by atoms with Crippen LogP contribution in [0.4, 0.5) is 0 Å². The van der Waals surface area contributed by atoms with Crippen LogP contribution in [0.5, 0.6) is 5.75 Å². The molecule has 0 spiro atoms. The Hall–Kier alpha value is -2.64. The zero-order valence-corrected chi connectivity index (χ0v) is 14.2. The fraction of sp³-hybridized carbons (Fsp3) is 0.0625. The van der Waals surface area contributed by atoms with Crippen LogP contribution in [0, 0.1) is 0 Å². The summed E-state index contributed by atoms with van der Waals surface area (Å²) in [6.07, 6.45) is 1.55. The minimum absolute atomic E-state index is 0.251. The first kappa shape index (κ1) is 16.2. The van der Waals surface area contributed by atoms with E-state index in [9.17, 15) is 4.79 Å². The standard InChI is InChI=1S/C16H13ClN4O2S/c1-23-11-4-2-10(3-5-11)9-18-21-16(22)13-8-12(19-20-13)14-6-7-15(17)24-14/h2-9H,1H3,(H,19,20)(H,21,22)/b18-9+. The molecular weight excluding hydrogens is 348 g/mol. The van der Waals surface area contributed by atoms with E-state index < -0.39 is 5.91 Å². The lowest BCUT2D eigenvalue weighted by Gasteiger charge is -1.99. The number of hydrogen-bond acceptors (Lipinski definition) is 5. The second-order valence-corrected chi connectivity index (χ2v) is 6.46. The number of aromatic nitrogens is 2. The minimum atomic E-state index is -0.398. The number of ether oxygens (including phenoxy) is 1. The Balaban J connectivity index is 1.62. The zero-order valence-electron chi connectivity index (χ0n) is 12.6. The third-order valence-corrected chi connectivity index (χ3v) is 4.41. The number of halogens is 1. The number of hydrogen-bond donors (Lipinski definition) is 2. The maximum Gasteiger partial charge on any atom is 0.291 e. The van der Waals surface area contributed by atoms with Gasteiger partial charge in [-0.25, -0.2) is 5.43 Å². The molecule has 0 bridgehead atoms. The van der Waals surface area contributed by atoms with E-state index in [0.717, 1.165) is 21.9 Å². The van der Waals surface area contributed by atoms with Crippen molar-refractivity contribution >= 4 is 35.1 Å². The van der Waals surface area contributed by atoms with Crippen molar-refractivity contribution in [2.24, 2.45) is 5.10 Å². The van der Waals surface area contributed by atoms with Crippen LogP contribution < -0.4 is 10.2 Å².